The van der Waals surface area contributed by atoms with E-state index in [0.29, 0.717) is 0 Å². The molecule has 0 saturated carbocycles. The van der Waals surface area contributed by atoms with Gasteiger partial charge in [0.25, 0.3) is 0 Å². The van der Waals surface area contributed by atoms with E-state index in [9.17, 15) is 0 Å². The first-order chi connectivity index (χ1) is 9.28. The summed E-state index contributed by atoms with van der Waals surface area (Å²) < 4.78 is 0. The molecule has 2 aromatic rings. The van der Waals surface area contributed by atoms with E-state index in [1.54, 1.807) is 0 Å². The summed E-state index contributed by atoms with van der Waals surface area (Å²) in [4.78, 5) is 4.44. The van der Waals surface area contributed by atoms with Gasteiger partial charge >= 0.3 is 0 Å². The zero-order valence-electron chi connectivity index (χ0n) is 11.2. The van der Waals surface area contributed by atoms with Crippen LogP contribution in [-0.2, 0) is 18.4 Å². The quantitative estimate of drug-likeness (QED) is 0.834. The summed E-state index contributed by atoms with van der Waals surface area (Å²) in [5.74, 6) is 0. The van der Waals surface area contributed by atoms with E-state index in [-0.39, 0.29) is 5.54 Å². The first kappa shape index (κ1) is 12.4. The van der Waals surface area contributed by atoms with Gasteiger partial charge in [0.1, 0.15) is 0 Å². The lowest BCUT2D eigenvalue weighted by molar-refractivity contribution is 0.395. The predicted molar refractivity (Wildman–Crippen MR) is 77.8 cm³/mol. The smallest absolute Gasteiger partial charge is 0.0468 e. The Balaban J connectivity index is 1.98. The molecule has 0 aliphatic heterocycles. The molecule has 1 aliphatic carbocycles. The fourth-order valence-corrected chi connectivity index (χ4v) is 3.12. The van der Waals surface area contributed by atoms with Crippen LogP contribution in [0, 0.1) is 0 Å². The van der Waals surface area contributed by atoms with Crippen molar-refractivity contribution in [1.82, 2.24) is 4.98 Å². The number of fused-ring (bicyclic) bond motifs is 1. The SMILES string of the molecule is NC1(Cc2ccccn2)CCCCc2ccccc21. The van der Waals surface area contributed by atoms with Crippen molar-refractivity contribution in [2.24, 2.45) is 5.73 Å². The predicted octanol–water partition coefficient (Wildman–Crippen LogP) is 3.20. The first-order valence-electron chi connectivity index (χ1n) is 7.05. The number of benzene rings is 1. The molecular formula is C17H20N2. The van der Waals surface area contributed by atoms with Crippen molar-refractivity contribution >= 4 is 0 Å². The Labute approximate surface area is 114 Å². The Hall–Kier alpha value is -1.67. The Morgan fingerprint density at radius 2 is 1.89 bits per heavy atom. The third kappa shape index (κ3) is 2.54. The van der Waals surface area contributed by atoms with Crippen molar-refractivity contribution < 1.29 is 0 Å². The molecule has 2 N–H and O–H groups in total. The maximum Gasteiger partial charge on any atom is 0.0468 e. The molecule has 2 nitrogen and oxygen atoms in total. The van der Waals surface area contributed by atoms with Crippen molar-refractivity contribution in [2.45, 2.75) is 37.6 Å². The molecule has 0 bridgehead atoms. The van der Waals surface area contributed by atoms with Crippen molar-refractivity contribution in [3.63, 3.8) is 0 Å². The van der Waals surface area contributed by atoms with Crippen molar-refractivity contribution in [3.8, 4) is 0 Å². The molecule has 1 atom stereocenters. The summed E-state index contributed by atoms with van der Waals surface area (Å²) in [5.41, 5.74) is 10.3. The molecule has 0 spiro atoms. The second kappa shape index (κ2) is 5.14. The van der Waals surface area contributed by atoms with Gasteiger partial charge in [0.05, 0.1) is 0 Å². The van der Waals surface area contributed by atoms with Crippen LogP contribution < -0.4 is 5.73 Å². The summed E-state index contributed by atoms with van der Waals surface area (Å²) >= 11 is 0. The Bertz CT molecular complexity index is 550. The molecule has 1 heterocycles. The fourth-order valence-electron chi connectivity index (χ4n) is 3.12. The van der Waals surface area contributed by atoms with E-state index in [0.717, 1.165) is 25.0 Å². The number of pyridine rings is 1. The van der Waals surface area contributed by atoms with Gasteiger partial charge in [0.2, 0.25) is 0 Å². The lowest BCUT2D eigenvalue weighted by Gasteiger charge is -2.30. The second-order valence-electron chi connectivity index (χ2n) is 5.52. The summed E-state index contributed by atoms with van der Waals surface area (Å²) in [5, 5.41) is 0. The van der Waals surface area contributed by atoms with Crippen LogP contribution in [0.3, 0.4) is 0 Å². The molecule has 0 saturated heterocycles. The van der Waals surface area contributed by atoms with Crippen LogP contribution in [0.2, 0.25) is 0 Å². The average Bonchev–Trinajstić information content (AvgIpc) is 2.60. The van der Waals surface area contributed by atoms with Crippen LogP contribution in [0.1, 0.15) is 36.1 Å². The molecule has 98 valence electrons. The number of nitrogens with two attached hydrogens (primary N) is 1. The molecular weight excluding hydrogens is 232 g/mol. The summed E-state index contributed by atoms with van der Waals surface area (Å²) in [6.07, 6.45) is 7.29. The van der Waals surface area contributed by atoms with E-state index in [2.05, 4.69) is 35.3 Å². The molecule has 19 heavy (non-hydrogen) atoms. The highest BCUT2D eigenvalue weighted by molar-refractivity contribution is 5.36. The lowest BCUT2D eigenvalue weighted by atomic mass is 9.81. The molecule has 1 unspecified atom stereocenters. The van der Waals surface area contributed by atoms with Crippen LogP contribution in [0.5, 0.6) is 0 Å². The summed E-state index contributed by atoms with van der Waals surface area (Å²) in [6.45, 7) is 0. The highest BCUT2D eigenvalue weighted by Crippen LogP contribution is 2.34. The van der Waals surface area contributed by atoms with E-state index in [4.69, 9.17) is 5.73 Å². The number of aromatic nitrogens is 1. The van der Waals surface area contributed by atoms with E-state index < -0.39 is 0 Å². The van der Waals surface area contributed by atoms with Crippen molar-refractivity contribution in [3.05, 3.63) is 65.5 Å². The van der Waals surface area contributed by atoms with E-state index in [1.807, 2.05) is 18.3 Å². The van der Waals surface area contributed by atoms with Gasteiger partial charge in [-0.1, -0.05) is 36.8 Å². The monoisotopic (exact) mass is 252 g/mol. The van der Waals surface area contributed by atoms with E-state index in [1.165, 1.54) is 24.0 Å². The Kier molecular flexibility index (Phi) is 3.34. The van der Waals surface area contributed by atoms with E-state index >= 15 is 0 Å². The molecule has 2 heteroatoms. The average molecular weight is 252 g/mol. The minimum Gasteiger partial charge on any atom is -0.321 e. The van der Waals surface area contributed by atoms with Crippen LogP contribution in [0.15, 0.2) is 48.7 Å². The molecule has 1 aromatic heterocycles. The van der Waals surface area contributed by atoms with Crippen LogP contribution in [-0.4, -0.2) is 4.98 Å². The van der Waals surface area contributed by atoms with Crippen LogP contribution in [0.25, 0.3) is 0 Å². The normalized spacial score (nSPS) is 22.6. The molecule has 0 radical (unpaired) electrons. The Morgan fingerprint density at radius 1 is 1.05 bits per heavy atom. The summed E-state index contributed by atoms with van der Waals surface area (Å²) in [7, 11) is 0. The van der Waals surface area contributed by atoms with Gasteiger partial charge < -0.3 is 5.73 Å². The largest absolute Gasteiger partial charge is 0.321 e. The molecule has 1 aromatic carbocycles. The number of aryl methyl sites for hydroxylation is 1. The first-order valence-corrected chi connectivity index (χ1v) is 7.05. The number of nitrogens with zero attached hydrogens (tertiary/aromatic N) is 1. The molecule has 1 aliphatic rings. The molecule has 0 amide bonds. The van der Waals surface area contributed by atoms with Gasteiger partial charge in [0.15, 0.2) is 0 Å². The zero-order valence-corrected chi connectivity index (χ0v) is 11.2. The standard InChI is InChI=1S/C17H20N2/c18-17(13-15-9-4-6-12-19-15)11-5-3-8-14-7-1-2-10-16(14)17/h1-2,4,6-7,9-10,12H,3,5,8,11,13,18H2. The maximum absolute atomic E-state index is 6.76. The summed E-state index contributed by atoms with van der Waals surface area (Å²) in [6, 6.07) is 14.7. The molecule has 3 rings (SSSR count). The number of rotatable bonds is 2. The van der Waals surface area contributed by atoms with Gasteiger partial charge in [-0.05, 0) is 42.5 Å². The van der Waals surface area contributed by atoms with Gasteiger partial charge in [0, 0.05) is 23.9 Å². The topological polar surface area (TPSA) is 38.9 Å². The van der Waals surface area contributed by atoms with Gasteiger partial charge in [-0.2, -0.15) is 0 Å². The third-order valence-electron chi connectivity index (χ3n) is 4.10. The zero-order chi connectivity index (χ0) is 13.1. The Morgan fingerprint density at radius 3 is 2.74 bits per heavy atom. The minimum atomic E-state index is -0.262. The van der Waals surface area contributed by atoms with Crippen molar-refractivity contribution in [2.75, 3.05) is 0 Å². The highest BCUT2D eigenvalue weighted by Gasteiger charge is 2.31. The number of hydrogen-bond donors (Lipinski definition) is 1. The second-order valence-corrected chi connectivity index (χ2v) is 5.52. The molecule has 0 fully saturated rings. The minimum absolute atomic E-state index is 0.262. The highest BCUT2D eigenvalue weighted by atomic mass is 14.8. The van der Waals surface area contributed by atoms with Gasteiger partial charge in [-0.15, -0.1) is 0 Å². The number of hydrogen-bond acceptors (Lipinski definition) is 2. The maximum atomic E-state index is 6.76. The third-order valence-corrected chi connectivity index (χ3v) is 4.10. The van der Waals surface area contributed by atoms with Crippen molar-refractivity contribution in [1.29, 1.82) is 0 Å². The fraction of sp³-hybridized carbons (Fsp3) is 0.353. The van der Waals surface area contributed by atoms with Gasteiger partial charge in [-0.25, -0.2) is 0 Å². The lowest BCUT2D eigenvalue weighted by Crippen LogP contribution is -2.39. The van der Waals surface area contributed by atoms with Crippen LogP contribution >= 0.6 is 0 Å². The van der Waals surface area contributed by atoms with Crippen LogP contribution in [0.4, 0.5) is 0 Å². The van der Waals surface area contributed by atoms with Gasteiger partial charge in [-0.3, -0.25) is 4.98 Å².